The number of aliphatic hydroxyl groups excluding tert-OH is 1. The number of benzene rings is 1. The molecule has 19 heavy (non-hydrogen) atoms. The summed E-state index contributed by atoms with van der Waals surface area (Å²) < 4.78 is 0. The number of nitrogens with zero attached hydrogens (tertiary/aromatic N) is 4. The maximum Gasteiger partial charge on any atom is 0.223 e. The van der Waals surface area contributed by atoms with Crippen LogP contribution in [0.5, 0.6) is 0 Å². The highest BCUT2D eigenvalue weighted by Crippen LogP contribution is 2.30. The lowest BCUT2D eigenvalue weighted by molar-refractivity contribution is -0.116. The van der Waals surface area contributed by atoms with E-state index in [1.165, 1.54) is 0 Å². The Labute approximate surface area is 111 Å². The number of hydrogen-bond donors (Lipinski definition) is 1. The van der Waals surface area contributed by atoms with E-state index >= 15 is 0 Å². The summed E-state index contributed by atoms with van der Waals surface area (Å²) in [6.07, 6.45) is 1.01. The van der Waals surface area contributed by atoms with Crippen LogP contribution in [0.25, 0.3) is 10.4 Å². The summed E-state index contributed by atoms with van der Waals surface area (Å²) in [6.45, 7) is 2.31. The SMILES string of the molecule is CC(=O)N1CCCc2cc(C(O)CN=[N+]=[N-])ccc21. The van der Waals surface area contributed by atoms with E-state index in [4.69, 9.17) is 5.53 Å². The Bertz CT molecular complexity index is 537. The molecule has 0 aromatic heterocycles. The van der Waals surface area contributed by atoms with Crippen molar-refractivity contribution in [3.05, 3.63) is 39.8 Å². The number of aryl methyl sites for hydroxylation is 1. The topological polar surface area (TPSA) is 89.3 Å². The van der Waals surface area contributed by atoms with Crippen LogP contribution >= 0.6 is 0 Å². The number of aliphatic hydroxyl groups is 1. The Kier molecular flexibility index (Phi) is 4.04. The van der Waals surface area contributed by atoms with E-state index in [0.29, 0.717) is 0 Å². The fourth-order valence-electron chi connectivity index (χ4n) is 2.37. The number of rotatable bonds is 3. The molecule has 1 aliphatic heterocycles. The first-order valence-corrected chi connectivity index (χ1v) is 6.23. The van der Waals surface area contributed by atoms with Gasteiger partial charge in [0, 0.05) is 24.1 Å². The Morgan fingerprint density at radius 1 is 1.63 bits per heavy atom. The zero-order chi connectivity index (χ0) is 13.8. The second kappa shape index (κ2) is 5.73. The van der Waals surface area contributed by atoms with Gasteiger partial charge in [0.25, 0.3) is 0 Å². The van der Waals surface area contributed by atoms with Gasteiger partial charge in [0.05, 0.1) is 12.6 Å². The van der Waals surface area contributed by atoms with Crippen LogP contribution in [-0.2, 0) is 11.2 Å². The van der Waals surface area contributed by atoms with Crippen molar-refractivity contribution >= 4 is 11.6 Å². The molecule has 6 nitrogen and oxygen atoms in total. The lowest BCUT2D eigenvalue weighted by Crippen LogP contribution is -2.33. The van der Waals surface area contributed by atoms with Gasteiger partial charge >= 0.3 is 0 Å². The first-order chi connectivity index (χ1) is 9.13. The van der Waals surface area contributed by atoms with Crippen LogP contribution in [0.3, 0.4) is 0 Å². The fourth-order valence-corrected chi connectivity index (χ4v) is 2.37. The monoisotopic (exact) mass is 260 g/mol. The van der Waals surface area contributed by atoms with E-state index in [1.807, 2.05) is 12.1 Å². The number of fused-ring (bicyclic) bond motifs is 1. The van der Waals surface area contributed by atoms with Gasteiger partial charge in [-0.25, -0.2) is 0 Å². The van der Waals surface area contributed by atoms with Gasteiger partial charge in [0.2, 0.25) is 5.91 Å². The fraction of sp³-hybridized carbons (Fsp3) is 0.462. The molecular weight excluding hydrogens is 244 g/mol. The zero-order valence-corrected chi connectivity index (χ0v) is 10.8. The van der Waals surface area contributed by atoms with Crippen molar-refractivity contribution in [2.75, 3.05) is 18.0 Å². The minimum atomic E-state index is -0.797. The smallest absolute Gasteiger partial charge is 0.223 e. The molecule has 0 radical (unpaired) electrons. The van der Waals surface area contributed by atoms with Crippen LogP contribution in [0.15, 0.2) is 23.3 Å². The number of amides is 1. The molecule has 0 bridgehead atoms. The van der Waals surface area contributed by atoms with Crippen LogP contribution in [-0.4, -0.2) is 24.1 Å². The molecule has 1 atom stereocenters. The van der Waals surface area contributed by atoms with Gasteiger partial charge in [0.1, 0.15) is 0 Å². The molecule has 2 rings (SSSR count). The molecule has 0 saturated heterocycles. The third-order valence-corrected chi connectivity index (χ3v) is 3.30. The van der Waals surface area contributed by atoms with Gasteiger partial charge in [-0.2, -0.15) is 0 Å². The Morgan fingerprint density at radius 2 is 2.42 bits per heavy atom. The second-order valence-corrected chi connectivity index (χ2v) is 4.59. The van der Waals surface area contributed by atoms with Gasteiger partial charge in [-0.15, -0.1) is 0 Å². The van der Waals surface area contributed by atoms with Gasteiger partial charge in [-0.05, 0) is 35.6 Å². The van der Waals surface area contributed by atoms with Gasteiger partial charge in [-0.3, -0.25) is 4.79 Å². The second-order valence-electron chi connectivity index (χ2n) is 4.59. The Balaban J connectivity index is 2.28. The molecule has 0 aliphatic carbocycles. The molecule has 1 N–H and O–H groups in total. The summed E-state index contributed by atoms with van der Waals surface area (Å²) in [7, 11) is 0. The van der Waals surface area contributed by atoms with Gasteiger partial charge < -0.3 is 10.0 Å². The zero-order valence-electron chi connectivity index (χ0n) is 10.8. The molecular formula is C13H16N4O2. The van der Waals surface area contributed by atoms with E-state index in [0.717, 1.165) is 36.2 Å². The van der Waals surface area contributed by atoms with E-state index in [1.54, 1.807) is 17.9 Å². The van der Waals surface area contributed by atoms with E-state index in [2.05, 4.69) is 10.0 Å². The molecule has 1 aromatic carbocycles. The van der Waals surface area contributed by atoms with E-state index in [-0.39, 0.29) is 12.5 Å². The van der Waals surface area contributed by atoms with Crippen molar-refractivity contribution in [3.63, 3.8) is 0 Å². The number of carbonyl (C=O) groups excluding carboxylic acids is 1. The maximum absolute atomic E-state index is 11.5. The van der Waals surface area contributed by atoms with Crippen molar-refractivity contribution in [2.45, 2.75) is 25.9 Å². The van der Waals surface area contributed by atoms with Crippen LogP contribution in [0.4, 0.5) is 5.69 Å². The summed E-state index contributed by atoms with van der Waals surface area (Å²) in [5, 5.41) is 13.3. The highest BCUT2D eigenvalue weighted by atomic mass is 16.3. The molecule has 0 saturated carbocycles. The predicted octanol–water partition coefficient (Wildman–Crippen LogP) is 2.33. The Morgan fingerprint density at radius 3 is 3.11 bits per heavy atom. The molecule has 6 heteroatoms. The first kappa shape index (κ1) is 13.4. The Hall–Kier alpha value is -2.04. The van der Waals surface area contributed by atoms with Crippen LogP contribution in [0.1, 0.15) is 30.6 Å². The summed E-state index contributed by atoms with van der Waals surface area (Å²) in [4.78, 5) is 15.9. The molecule has 0 spiro atoms. The summed E-state index contributed by atoms with van der Waals surface area (Å²) in [5.74, 6) is 0.0309. The number of hydrogen-bond acceptors (Lipinski definition) is 3. The van der Waals surface area contributed by atoms with Crippen molar-refractivity contribution in [3.8, 4) is 0 Å². The van der Waals surface area contributed by atoms with E-state index < -0.39 is 6.10 Å². The molecule has 1 unspecified atom stereocenters. The average Bonchev–Trinajstić information content (AvgIpc) is 2.43. The molecule has 100 valence electrons. The lowest BCUT2D eigenvalue weighted by Gasteiger charge is -2.29. The van der Waals surface area contributed by atoms with Gasteiger partial charge in [0.15, 0.2) is 0 Å². The highest BCUT2D eigenvalue weighted by molar-refractivity contribution is 5.92. The molecule has 1 amide bonds. The van der Waals surface area contributed by atoms with Crippen molar-refractivity contribution in [2.24, 2.45) is 5.11 Å². The normalized spacial score (nSPS) is 15.4. The minimum absolute atomic E-state index is 0.0196. The van der Waals surface area contributed by atoms with Crippen LogP contribution in [0.2, 0.25) is 0 Å². The number of carbonyl (C=O) groups is 1. The van der Waals surface area contributed by atoms with Crippen molar-refractivity contribution < 1.29 is 9.90 Å². The molecule has 1 aliphatic rings. The molecule has 1 heterocycles. The van der Waals surface area contributed by atoms with Crippen molar-refractivity contribution in [1.29, 1.82) is 0 Å². The third kappa shape index (κ3) is 2.86. The maximum atomic E-state index is 11.5. The number of anilines is 1. The first-order valence-electron chi connectivity index (χ1n) is 6.23. The predicted molar refractivity (Wildman–Crippen MR) is 71.8 cm³/mol. The number of azide groups is 1. The summed E-state index contributed by atoms with van der Waals surface area (Å²) >= 11 is 0. The molecule has 0 fully saturated rings. The third-order valence-electron chi connectivity index (χ3n) is 3.30. The van der Waals surface area contributed by atoms with Crippen molar-refractivity contribution in [1.82, 2.24) is 0 Å². The summed E-state index contributed by atoms with van der Waals surface area (Å²) in [5.41, 5.74) is 10.9. The highest BCUT2D eigenvalue weighted by Gasteiger charge is 2.20. The minimum Gasteiger partial charge on any atom is -0.388 e. The standard InChI is InChI=1S/C13H16N4O2/c1-9(18)17-6-2-3-10-7-11(4-5-12(10)17)13(19)8-15-16-14/h4-5,7,13,19H,2-3,6,8H2,1H3. The van der Waals surface area contributed by atoms with Crippen LogP contribution in [0, 0.1) is 0 Å². The van der Waals surface area contributed by atoms with Crippen LogP contribution < -0.4 is 4.90 Å². The largest absolute Gasteiger partial charge is 0.388 e. The summed E-state index contributed by atoms with van der Waals surface area (Å²) in [6, 6.07) is 5.52. The van der Waals surface area contributed by atoms with Gasteiger partial charge in [-0.1, -0.05) is 17.2 Å². The quantitative estimate of drug-likeness (QED) is 0.513. The van der Waals surface area contributed by atoms with E-state index in [9.17, 15) is 9.90 Å². The molecule has 1 aromatic rings. The lowest BCUT2D eigenvalue weighted by atomic mass is 9.97. The average molecular weight is 260 g/mol.